The van der Waals surface area contributed by atoms with Gasteiger partial charge < -0.3 is 9.15 Å². The molecule has 1 saturated heterocycles. The number of carbonyl (C=O) groups excluding carboxylic acids is 1. The van der Waals surface area contributed by atoms with E-state index in [4.69, 9.17) is 9.15 Å². The van der Waals surface area contributed by atoms with E-state index < -0.39 is 0 Å². The number of hydrogen-bond acceptors (Lipinski definition) is 5. The van der Waals surface area contributed by atoms with Crippen LogP contribution in [0.1, 0.15) is 18.6 Å². The smallest absolute Gasteiger partial charge is 0.252 e. The van der Waals surface area contributed by atoms with Crippen LogP contribution in [-0.2, 0) is 9.53 Å². The molecule has 4 rings (SSSR count). The highest BCUT2D eigenvalue weighted by Crippen LogP contribution is 2.30. The number of aromatic nitrogens is 1. The Morgan fingerprint density at radius 3 is 3.00 bits per heavy atom. The number of nitrogens with zero attached hydrogens (tertiary/aromatic N) is 2. The molecule has 2 aromatic heterocycles. The Morgan fingerprint density at radius 1 is 1.32 bits per heavy atom. The molecule has 0 N–H and O–H groups in total. The maximum absolute atomic E-state index is 12.8. The molecule has 0 radical (unpaired) electrons. The van der Waals surface area contributed by atoms with Crippen molar-refractivity contribution in [2.24, 2.45) is 0 Å². The third kappa shape index (κ3) is 3.65. The number of hydrogen-bond donors (Lipinski definition) is 0. The van der Waals surface area contributed by atoms with E-state index in [9.17, 15) is 4.79 Å². The highest BCUT2D eigenvalue weighted by molar-refractivity contribution is 7.22. The number of fused-ring (bicyclic) bond motifs is 1. The van der Waals surface area contributed by atoms with Crippen LogP contribution in [0.3, 0.4) is 0 Å². The Labute approximate surface area is 149 Å². The van der Waals surface area contributed by atoms with Crippen LogP contribution in [-0.4, -0.2) is 30.1 Å². The molecule has 5 nitrogen and oxygen atoms in total. The van der Waals surface area contributed by atoms with E-state index in [1.54, 1.807) is 23.3 Å². The Kier molecular flexibility index (Phi) is 4.63. The second-order valence-corrected chi connectivity index (χ2v) is 6.91. The number of anilines is 1. The van der Waals surface area contributed by atoms with E-state index in [2.05, 4.69) is 4.98 Å². The molecule has 1 atom stereocenters. The normalized spacial score (nSPS) is 17.5. The molecule has 1 aromatic carbocycles. The van der Waals surface area contributed by atoms with Crippen LogP contribution in [0, 0.1) is 0 Å². The van der Waals surface area contributed by atoms with Gasteiger partial charge in [0.15, 0.2) is 5.13 Å². The molecule has 0 saturated carbocycles. The van der Waals surface area contributed by atoms with Crippen molar-refractivity contribution in [2.75, 3.05) is 18.1 Å². The molecule has 25 heavy (non-hydrogen) atoms. The van der Waals surface area contributed by atoms with Gasteiger partial charge >= 0.3 is 0 Å². The van der Waals surface area contributed by atoms with Gasteiger partial charge in [-0.15, -0.1) is 0 Å². The topological polar surface area (TPSA) is 55.6 Å². The lowest BCUT2D eigenvalue weighted by Crippen LogP contribution is -2.36. The maximum atomic E-state index is 12.8. The highest BCUT2D eigenvalue weighted by Gasteiger charge is 2.25. The molecule has 0 unspecified atom stereocenters. The zero-order valence-electron chi connectivity index (χ0n) is 13.6. The van der Waals surface area contributed by atoms with Gasteiger partial charge in [0.1, 0.15) is 5.76 Å². The minimum Gasteiger partial charge on any atom is -0.465 e. The molecule has 3 aromatic rings. The van der Waals surface area contributed by atoms with Gasteiger partial charge in [0.05, 0.1) is 29.1 Å². The van der Waals surface area contributed by atoms with Gasteiger partial charge in [0.25, 0.3) is 5.91 Å². The number of carbonyl (C=O) groups is 1. The molecule has 128 valence electrons. The van der Waals surface area contributed by atoms with Gasteiger partial charge in [0, 0.05) is 12.7 Å². The summed E-state index contributed by atoms with van der Waals surface area (Å²) in [5, 5.41) is 0.700. The van der Waals surface area contributed by atoms with E-state index in [1.807, 2.05) is 30.3 Å². The summed E-state index contributed by atoms with van der Waals surface area (Å²) >= 11 is 1.52. The average Bonchev–Trinajstić information content (AvgIpc) is 3.38. The Balaban J connectivity index is 1.61. The van der Waals surface area contributed by atoms with Gasteiger partial charge in [-0.2, -0.15) is 0 Å². The number of benzene rings is 1. The summed E-state index contributed by atoms with van der Waals surface area (Å²) < 4.78 is 12.0. The largest absolute Gasteiger partial charge is 0.465 e. The van der Waals surface area contributed by atoms with Gasteiger partial charge in [-0.3, -0.25) is 9.69 Å². The lowest BCUT2D eigenvalue weighted by Gasteiger charge is -2.21. The van der Waals surface area contributed by atoms with Crippen molar-refractivity contribution in [1.29, 1.82) is 0 Å². The van der Waals surface area contributed by atoms with E-state index >= 15 is 0 Å². The zero-order chi connectivity index (χ0) is 17.1. The average molecular weight is 354 g/mol. The first kappa shape index (κ1) is 16.1. The van der Waals surface area contributed by atoms with Crippen LogP contribution in [0.15, 0.2) is 53.2 Å². The van der Waals surface area contributed by atoms with Crippen molar-refractivity contribution >= 4 is 38.7 Å². The first-order valence-electron chi connectivity index (χ1n) is 8.30. The second-order valence-electron chi connectivity index (χ2n) is 5.90. The van der Waals surface area contributed by atoms with Crippen LogP contribution in [0.2, 0.25) is 0 Å². The fraction of sp³-hybridized carbons (Fsp3) is 0.263. The molecule has 1 aliphatic rings. The van der Waals surface area contributed by atoms with Crippen molar-refractivity contribution in [2.45, 2.75) is 18.9 Å². The first-order valence-corrected chi connectivity index (χ1v) is 9.11. The van der Waals surface area contributed by atoms with E-state index in [0.29, 0.717) is 17.4 Å². The number of thiazole rings is 1. The standard InChI is InChI=1S/C19H18N2O3S/c22-18(10-9-14-5-3-11-23-14)21(13-15-6-4-12-24-15)19-20-16-7-1-2-8-17(16)25-19/h1-3,5,7-11,15H,4,6,12-13H2/b10-9+/t15-/m1/s1. The van der Waals surface area contributed by atoms with Crippen molar-refractivity contribution in [3.05, 3.63) is 54.5 Å². The molecule has 0 bridgehead atoms. The predicted molar refractivity (Wildman–Crippen MR) is 98.7 cm³/mol. The molecule has 0 spiro atoms. The van der Waals surface area contributed by atoms with Crippen molar-refractivity contribution in [3.63, 3.8) is 0 Å². The van der Waals surface area contributed by atoms with E-state index in [-0.39, 0.29) is 12.0 Å². The van der Waals surface area contributed by atoms with Gasteiger partial charge in [-0.05, 0) is 43.2 Å². The number of amides is 1. The second kappa shape index (κ2) is 7.21. The minimum atomic E-state index is -0.119. The van der Waals surface area contributed by atoms with Crippen LogP contribution >= 0.6 is 11.3 Å². The highest BCUT2D eigenvalue weighted by atomic mass is 32.1. The monoisotopic (exact) mass is 354 g/mol. The minimum absolute atomic E-state index is 0.0629. The van der Waals surface area contributed by atoms with Crippen LogP contribution in [0.25, 0.3) is 16.3 Å². The Hall–Kier alpha value is -2.44. The summed E-state index contributed by atoms with van der Waals surface area (Å²) in [5.74, 6) is 0.528. The first-order chi connectivity index (χ1) is 12.3. The van der Waals surface area contributed by atoms with E-state index in [1.165, 1.54) is 17.4 Å². The summed E-state index contributed by atoms with van der Waals surface area (Å²) in [7, 11) is 0. The van der Waals surface area contributed by atoms with Gasteiger partial charge in [0.2, 0.25) is 0 Å². The SMILES string of the molecule is O=C(/C=C/c1ccco1)N(C[C@H]1CCCO1)c1nc2ccccc2s1. The maximum Gasteiger partial charge on any atom is 0.252 e. The third-order valence-corrected chi connectivity index (χ3v) is 5.18. The van der Waals surface area contributed by atoms with Crippen LogP contribution in [0.5, 0.6) is 0 Å². The van der Waals surface area contributed by atoms with E-state index in [0.717, 1.165) is 29.7 Å². The van der Waals surface area contributed by atoms with Crippen LogP contribution in [0.4, 0.5) is 5.13 Å². The molecular formula is C19H18N2O3S. The number of ether oxygens (including phenoxy) is 1. The Bertz CT molecular complexity index is 846. The van der Waals surface area contributed by atoms with Crippen molar-refractivity contribution in [3.8, 4) is 0 Å². The summed E-state index contributed by atoms with van der Waals surface area (Å²) in [5.41, 5.74) is 0.905. The van der Waals surface area contributed by atoms with Crippen molar-refractivity contribution in [1.82, 2.24) is 4.98 Å². The lowest BCUT2D eigenvalue weighted by atomic mass is 10.2. The zero-order valence-corrected chi connectivity index (χ0v) is 14.4. The van der Waals surface area contributed by atoms with Gasteiger partial charge in [-0.25, -0.2) is 4.98 Å². The number of furan rings is 1. The lowest BCUT2D eigenvalue weighted by molar-refractivity contribution is -0.114. The number of rotatable bonds is 5. The quantitative estimate of drug-likeness (QED) is 0.647. The summed E-state index contributed by atoms with van der Waals surface area (Å²) in [6.45, 7) is 1.27. The predicted octanol–water partition coefficient (Wildman–Crippen LogP) is 4.11. The molecular weight excluding hydrogens is 336 g/mol. The third-order valence-electron chi connectivity index (χ3n) is 4.12. The van der Waals surface area contributed by atoms with Crippen LogP contribution < -0.4 is 4.90 Å². The molecule has 1 amide bonds. The van der Waals surface area contributed by atoms with Crippen molar-refractivity contribution < 1.29 is 13.9 Å². The van der Waals surface area contributed by atoms with Gasteiger partial charge in [-0.1, -0.05) is 23.5 Å². The number of para-hydroxylation sites is 1. The molecule has 1 aliphatic heterocycles. The summed E-state index contributed by atoms with van der Waals surface area (Å²) in [6.07, 6.45) is 6.86. The fourth-order valence-electron chi connectivity index (χ4n) is 2.86. The molecule has 6 heteroatoms. The fourth-order valence-corrected chi connectivity index (χ4v) is 3.84. The summed E-state index contributed by atoms with van der Waals surface area (Å²) in [4.78, 5) is 19.2. The molecule has 3 heterocycles. The molecule has 0 aliphatic carbocycles. The Morgan fingerprint density at radius 2 is 2.24 bits per heavy atom. The molecule has 1 fully saturated rings. The summed E-state index contributed by atoms with van der Waals surface area (Å²) in [6, 6.07) is 11.5.